The van der Waals surface area contributed by atoms with Crippen molar-refractivity contribution in [2.24, 2.45) is 0 Å². The third kappa shape index (κ3) is 5.82. The quantitative estimate of drug-likeness (QED) is 0.585. The Labute approximate surface area is 195 Å². The van der Waals surface area contributed by atoms with Gasteiger partial charge in [-0.05, 0) is 62.6 Å². The number of carbonyl (C=O) groups excluding carboxylic acids is 1. The summed E-state index contributed by atoms with van der Waals surface area (Å²) >= 11 is 0. The maximum Gasteiger partial charge on any atom is 0.224 e. The van der Waals surface area contributed by atoms with Crippen LogP contribution in [0.2, 0.25) is 0 Å². The predicted molar refractivity (Wildman–Crippen MR) is 127 cm³/mol. The van der Waals surface area contributed by atoms with Crippen LogP contribution in [0.1, 0.15) is 51.8 Å². The van der Waals surface area contributed by atoms with Crippen molar-refractivity contribution in [2.45, 2.75) is 52.6 Å². The number of hydrogen-bond donors (Lipinski definition) is 1. The number of nitrogens with one attached hydrogen (secondary N) is 1. The first kappa shape index (κ1) is 23.1. The van der Waals surface area contributed by atoms with E-state index in [1.165, 1.54) is 23.3 Å². The zero-order valence-corrected chi connectivity index (χ0v) is 19.6. The second-order valence-corrected chi connectivity index (χ2v) is 8.96. The van der Waals surface area contributed by atoms with Crippen molar-refractivity contribution in [3.8, 4) is 0 Å². The van der Waals surface area contributed by atoms with Crippen LogP contribution in [0.3, 0.4) is 0 Å². The number of aromatic nitrogens is 2. The molecule has 1 aliphatic heterocycles. The molecular formula is C27H31FN4O. The van der Waals surface area contributed by atoms with Crippen LogP contribution in [-0.4, -0.2) is 33.9 Å². The van der Waals surface area contributed by atoms with Gasteiger partial charge in [0.15, 0.2) is 0 Å². The summed E-state index contributed by atoms with van der Waals surface area (Å²) in [7, 11) is 0. The Morgan fingerprint density at radius 3 is 2.45 bits per heavy atom. The number of benzene rings is 2. The Balaban J connectivity index is 1.36. The Morgan fingerprint density at radius 2 is 1.76 bits per heavy atom. The second kappa shape index (κ2) is 10.2. The molecule has 0 bridgehead atoms. The summed E-state index contributed by atoms with van der Waals surface area (Å²) in [6, 6.07) is 14.7. The van der Waals surface area contributed by atoms with Crippen LogP contribution < -0.4 is 5.32 Å². The van der Waals surface area contributed by atoms with Crippen molar-refractivity contribution in [2.75, 3.05) is 13.1 Å². The van der Waals surface area contributed by atoms with Crippen molar-refractivity contribution in [1.29, 1.82) is 0 Å². The minimum absolute atomic E-state index is 0.0906. The van der Waals surface area contributed by atoms with Crippen molar-refractivity contribution >= 4 is 5.91 Å². The fourth-order valence-electron chi connectivity index (χ4n) is 4.45. The molecule has 4 rings (SSSR count). The van der Waals surface area contributed by atoms with E-state index in [9.17, 15) is 9.18 Å². The number of nitrogens with zero attached hydrogens (tertiary/aromatic N) is 3. The summed E-state index contributed by atoms with van der Waals surface area (Å²) in [4.78, 5) is 24.6. The van der Waals surface area contributed by atoms with E-state index in [1.807, 2.05) is 13.8 Å². The summed E-state index contributed by atoms with van der Waals surface area (Å²) in [5.74, 6) is 0.821. The van der Waals surface area contributed by atoms with Crippen LogP contribution in [0.5, 0.6) is 0 Å². The summed E-state index contributed by atoms with van der Waals surface area (Å²) in [5.41, 5.74) is 6.17. The van der Waals surface area contributed by atoms with E-state index in [0.717, 1.165) is 54.4 Å². The first-order chi connectivity index (χ1) is 15.9. The largest absolute Gasteiger partial charge is 0.352 e. The van der Waals surface area contributed by atoms with Gasteiger partial charge in [-0.2, -0.15) is 0 Å². The second-order valence-electron chi connectivity index (χ2n) is 8.96. The highest BCUT2D eigenvalue weighted by molar-refractivity contribution is 5.79. The smallest absolute Gasteiger partial charge is 0.224 e. The van der Waals surface area contributed by atoms with Crippen molar-refractivity contribution in [1.82, 2.24) is 20.2 Å². The number of aryl methyl sites for hydroxylation is 3. The van der Waals surface area contributed by atoms with E-state index in [-0.39, 0.29) is 18.1 Å². The van der Waals surface area contributed by atoms with Gasteiger partial charge in [-0.3, -0.25) is 9.69 Å². The lowest BCUT2D eigenvalue weighted by Gasteiger charge is -2.18. The number of halogens is 1. The SMILES string of the molecule is Cc1ccccc1CN1CC[C@@H](c2nc(C)c(CC(=O)NCc3ccc(F)cc3)c(C)n2)C1. The number of rotatable bonds is 7. The highest BCUT2D eigenvalue weighted by Gasteiger charge is 2.27. The van der Waals surface area contributed by atoms with Gasteiger partial charge in [-0.25, -0.2) is 14.4 Å². The molecule has 172 valence electrons. The number of amides is 1. The highest BCUT2D eigenvalue weighted by Crippen LogP contribution is 2.27. The fraction of sp³-hybridized carbons (Fsp3) is 0.370. The molecule has 5 nitrogen and oxygen atoms in total. The average molecular weight is 447 g/mol. The fourth-order valence-corrected chi connectivity index (χ4v) is 4.45. The molecule has 1 saturated heterocycles. The molecule has 3 aromatic rings. The monoisotopic (exact) mass is 446 g/mol. The van der Waals surface area contributed by atoms with Gasteiger partial charge < -0.3 is 5.32 Å². The lowest BCUT2D eigenvalue weighted by molar-refractivity contribution is -0.120. The molecule has 6 heteroatoms. The summed E-state index contributed by atoms with van der Waals surface area (Å²) in [5, 5.41) is 2.90. The Kier molecular flexibility index (Phi) is 7.14. The molecule has 0 radical (unpaired) electrons. The van der Waals surface area contributed by atoms with Crippen LogP contribution in [0.15, 0.2) is 48.5 Å². The highest BCUT2D eigenvalue weighted by atomic mass is 19.1. The van der Waals surface area contributed by atoms with Gasteiger partial charge in [-0.1, -0.05) is 36.4 Å². The van der Waals surface area contributed by atoms with Gasteiger partial charge in [0.25, 0.3) is 0 Å². The maximum absolute atomic E-state index is 13.0. The van der Waals surface area contributed by atoms with E-state index in [4.69, 9.17) is 9.97 Å². The normalized spacial score (nSPS) is 16.2. The molecule has 0 saturated carbocycles. The zero-order chi connectivity index (χ0) is 23.4. The van der Waals surface area contributed by atoms with Gasteiger partial charge >= 0.3 is 0 Å². The van der Waals surface area contributed by atoms with Gasteiger partial charge in [0.05, 0.1) is 6.42 Å². The molecule has 1 atom stereocenters. The lowest BCUT2D eigenvalue weighted by atomic mass is 10.0. The first-order valence-electron chi connectivity index (χ1n) is 11.5. The summed E-state index contributed by atoms with van der Waals surface area (Å²) < 4.78 is 13.0. The molecule has 2 aromatic carbocycles. The van der Waals surface area contributed by atoms with Gasteiger partial charge in [0.2, 0.25) is 5.91 Å². The van der Waals surface area contributed by atoms with Crippen LogP contribution in [0, 0.1) is 26.6 Å². The van der Waals surface area contributed by atoms with Gasteiger partial charge in [0.1, 0.15) is 11.6 Å². The van der Waals surface area contributed by atoms with Crippen molar-refractivity contribution < 1.29 is 9.18 Å². The molecule has 1 N–H and O–H groups in total. The predicted octanol–water partition coefficient (Wildman–Crippen LogP) is 4.39. The molecule has 1 amide bonds. The Bertz CT molecular complexity index is 1110. The third-order valence-electron chi connectivity index (χ3n) is 6.47. The molecule has 1 fully saturated rings. The third-order valence-corrected chi connectivity index (χ3v) is 6.47. The van der Waals surface area contributed by atoms with E-state index >= 15 is 0 Å². The Hall–Kier alpha value is -3.12. The van der Waals surface area contributed by atoms with Gasteiger partial charge in [-0.15, -0.1) is 0 Å². The molecule has 2 heterocycles. The zero-order valence-electron chi connectivity index (χ0n) is 19.6. The van der Waals surface area contributed by atoms with Gasteiger partial charge in [0, 0.05) is 42.5 Å². The molecule has 1 aliphatic rings. The summed E-state index contributed by atoms with van der Waals surface area (Å²) in [6.07, 6.45) is 1.28. The molecule has 33 heavy (non-hydrogen) atoms. The Morgan fingerprint density at radius 1 is 1.06 bits per heavy atom. The standard InChI is InChI=1S/C27H31FN4O/c1-18-6-4-5-7-22(18)16-32-13-12-23(17-32)27-30-19(2)25(20(3)31-27)14-26(33)29-15-21-8-10-24(28)11-9-21/h4-11,23H,12-17H2,1-3H3,(H,29,33)/t23-/m1/s1. The topological polar surface area (TPSA) is 58.1 Å². The molecular weight excluding hydrogens is 415 g/mol. The van der Waals surface area contributed by atoms with Crippen LogP contribution in [0.4, 0.5) is 4.39 Å². The molecule has 0 unspecified atom stereocenters. The molecule has 0 spiro atoms. The van der Waals surface area contributed by atoms with E-state index in [2.05, 4.69) is 41.4 Å². The minimum atomic E-state index is -0.283. The number of likely N-dealkylation sites (tertiary alicyclic amines) is 1. The average Bonchev–Trinajstić information content (AvgIpc) is 3.26. The van der Waals surface area contributed by atoms with Crippen LogP contribution in [-0.2, 0) is 24.3 Å². The molecule has 1 aromatic heterocycles. The van der Waals surface area contributed by atoms with Crippen molar-refractivity contribution in [3.63, 3.8) is 0 Å². The number of hydrogen-bond acceptors (Lipinski definition) is 4. The minimum Gasteiger partial charge on any atom is -0.352 e. The van der Waals surface area contributed by atoms with Crippen molar-refractivity contribution in [3.05, 3.63) is 93.8 Å². The lowest BCUT2D eigenvalue weighted by Crippen LogP contribution is -2.26. The first-order valence-corrected chi connectivity index (χ1v) is 11.5. The van der Waals surface area contributed by atoms with Crippen LogP contribution >= 0.6 is 0 Å². The maximum atomic E-state index is 13.0. The summed E-state index contributed by atoms with van der Waals surface area (Å²) in [6.45, 7) is 9.38. The van der Waals surface area contributed by atoms with E-state index in [0.29, 0.717) is 12.5 Å². The van der Waals surface area contributed by atoms with E-state index < -0.39 is 0 Å². The number of carbonyl (C=O) groups is 1. The molecule has 0 aliphatic carbocycles. The van der Waals surface area contributed by atoms with E-state index in [1.54, 1.807) is 12.1 Å². The van der Waals surface area contributed by atoms with Crippen LogP contribution in [0.25, 0.3) is 0 Å².